The maximum Gasteiger partial charge on any atom is 0.244 e. The fraction of sp³-hybridized carbons (Fsp3) is 0.529. The van der Waals surface area contributed by atoms with Crippen LogP contribution < -0.4 is 10.6 Å². The first-order valence-electron chi connectivity index (χ1n) is 7.93. The molecule has 1 aliphatic rings. The molecule has 1 aliphatic heterocycles. The molecule has 126 valence electrons. The molecule has 2 amide bonds. The quantitative estimate of drug-likeness (QED) is 0.891. The average molecular weight is 319 g/mol. The Labute approximate surface area is 137 Å². The zero-order valence-electron chi connectivity index (χ0n) is 14.1. The molecule has 0 aliphatic carbocycles. The van der Waals surface area contributed by atoms with Gasteiger partial charge < -0.3 is 20.3 Å². The van der Waals surface area contributed by atoms with Crippen LogP contribution in [0.2, 0.25) is 0 Å². The van der Waals surface area contributed by atoms with Gasteiger partial charge in [0.25, 0.3) is 0 Å². The molecule has 1 fully saturated rings. The van der Waals surface area contributed by atoms with Crippen LogP contribution in [0.1, 0.15) is 27.7 Å². The van der Waals surface area contributed by atoms with Gasteiger partial charge in [-0.2, -0.15) is 0 Å². The first-order chi connectivity index (χ1) is 10.8. The Hall–Kier alpha value is -2.08. The van der Waals surface area contributed by atoms with Crippen molar-refractivity contribution in [3.8, 4) is 0 Å². The summed E-state index contributed by atoms with van der Waals surface area (Å²) in [5.41, 5.74) is 1.50. The standard InChI is InChI=1S/C17H25N3O3/c1-11-9-20(10-12(2)23-11)17(22)13(3)18-15-6-5-7-16(8-15)19-14(4)21/h5-8,11-13,18H,9-10H2,1-4H3,(H,19,21)/t11-,12+,13-/m0/s1. The fourth-order valence-corrected chi connectivity index (χ4v) is 2.83. The van der Waals surface area contributed by atoms with Crippen molar-refractivity contribution in [3.05, 3.63) is 24.3 Å². The topological polar surface area (TPSA) is 70.7 Å². The second-order valence-electron chi connectivity index (χ2n) is 6.13. The Morgan fingerprint density at radius 3 is 2.43 bits per heavy atom. The summed E-state index contributed by atoms with van der Waals surface area (Å²) in [5, 5.41) is 5.93. The maximum absolute atomic E-state index is 12.6. The summed E-state index contributed by atoms with van der Waals surface area (Å²) in [7, 11) is 0. The van der Waals surface area contributed by atoms with Crippen molar-refractivity contribution in [1.29, 1.82) is 0 Å². The lowest BCUT2D eigenvalue weighted by molar-refractivity contribution is -0.143. The van der Waals surface area contributed by atoms with Gasteiger partial charge in [-0.1, -0.05) is 6.07 Å². The van der Waals surface area contributed by atoms with Crippen LogP contribution in [-0.4, -0.2) is 48.1 Å². The Morgan fingerprint density at radius 2 is 1.83 bits per heavy atom. The van der Waals surface area contributed by atoms with E-state index in [2.05, 4.69) is 10.6 Å². The Bertz CT molecular complexity index is 566. The van der Waals surface area contributed by atoms with Crippen molar-refractivity contribution in [3.63, 3.8) is 0 Å². The highest BCUT2D eigenvalue weighted by atomic mass is 16.5. The van der Waals surface area contributed by atoms with E-state index in [1.54, 1.807) is 0 Å². The normalized spacial score (nSPS) is 22.3. The number of nitrogens with zero attached hydrogens (tertiary/aromatic N) is 1. The van der Waals surface area contributed by atoms with E-state index >= 15 is 0 Å². The molecule has 0 unspecified atom stereocenters. The molecule has 2 rings (SSSR count). The summed E-state index contributed by atoms with van der Waals surface area (Å²) in [6, 6.07) is 6.99. The SMILES string of the molecule is CC(=O)Nc1cccc(N[C@@H](C)C(=O)N2C[C@@H](C)O[C@@H](C)C2)c1. The minimum atomic E-state index is -0.347. The molecule has 1 aromatic rings. The predicted octanol–water partition coefficient (Wildman–Crippen LogP) is 2.08. The minimum Gasteiger partial charge on any atom is -0.374 e. The zero-order valence-corrected chi connectivity index (χ0v) is 14.1. The van der Waals surface area contributed by atoms with Crippen LogP contribution in [0.15, 0.2) is 24.3 Å². The number of carbonyl (C=O) groups is 2. The third-order valence-electron chi connectivity index (χ3n) is 3.67. The van der Waals surface area contributed by atoms with Crippen molar-refractivity contribution >= 4 is 23.2 Å². The summed E-state index contributed by atoms with van der Waals surface area (Å²) in [6.07, 6.45) is 0.107. The van der Waals surface area contributed by atoms with Crippen molar-refractivity contribution in [2.75, 3.05) is 23.7 Å². The van der Waals surface area contributed by atoms with Gasteiger partial charge in [-0.3, -0.25) is 9.59 Å². The van der Waals surface area contributed by atoms with Crippen LogP contribution in [0.4, 0.5) is 11.4 Å². The van der Waals surface area contributed by atoms with E-state index in [-0.39, 0.29) is 30.1 Å². The first-order valence-corrected chi connectivity index (χ1v) is 7.93. The van der Waals surface area contributed by atoms with E-state index in [0.29, 0.717) is 18.8 Å². The first kappa shape index (κ1) is 17.3. The molecule has 0 saturated carbocycles. The van der Waals surface area contributed by atoms with Gasteiger partial charge >= 0.3 is 0 Å². The van der Waals surface area contributed by atoms with E-state index in [9.17, 15) is 9.59 Å². The molecule has 0 aromatic heterocycles. The predicted molar refractivity (Wildman–Crippen MR) is 90.4 cm³/mol. The van der Waals surface area contributed by atoms with Crippen LogP contribution in [0.3, 0.4) is 0 Å². The summed E-state index contributed by atoms with van der Waals surface area (Å²) < 4.78 is 5.66. The minimum absolute atomic E-state index is 0.0527. The molecule has 1 heterocycles. The number of carbonyl (C=O) groups excluding carboxylic acids is 2. The fourth-order valence-electron chi connectivity index (χ4n) is 2.83. The van der Waals surface area contributed by atoms with Crippen LogP contribution in [0.25, 0.3) is 0 Å². The molecular formula is C17H25N3O3. The Balaban J connectivity index is 1.99. The van der Waals surface area contributed by atoms with Gasteiger partial charge in [-0.15, -0.1) is 0 Å². The maximum atomic E-state index is 12.6. The van der Waals surface area contributed by atoms with Crippen LogP contribution in [0.5, 0.6) is 0 Å². The number of rotatable bonds is 4. The van der Waals surface area contributed by atoms with Gasteiger partial charge in [0.15, 0.2) is 0 Å². The van der Waals surface area contributed by atoms with Crippen molar-refractivity contribution in [2.45, 2.75) is 45.9 Å². The lowest BCUT2D eigenvalue weighted by Crippen LogP contribution is -2.52. The molecule has 23 heavy (non-hydrogen) atoms. The highest BCUT2D eigenvalue weighted by molar-refractivity contribution is 5.89. The van der Waals surface area contributed by atoms with Crippen LogP contribution >= 0.6 is 0 Å². The summed E-state index contributed by atoms with van der Waals surface area (Å²) in [4.78, 5) is 25.6. The molecule has 2 N–H and O–H groups in total. The zero-order chi connectivity index (χ0) is 17.0. The van der Waals surface area contributed by atoms with Crippen molar-refractivity contribution in [1.82, 2.24) is 4.90 Å². The number of ether oxygens (including phenoxy) is 1. The Morgan fingerprint density at radius 1 is 1.22 bits per heavy atom. The highest BCUT2D eigenvalue weighted by Gasteiger charge is 2.28. The molecule has 6 heteroatoms. The average Bonchev–Trinajstić information content (AvgIpc) is 2.45. The molecule has 1 aromatic carbocycles. The number of benzene rings is 1. The second-order valence-corrected chi connectivity index (χ2v) is 6.13. The van der Waals surface area contributed by atoms with Gasteiger partial charge in [0.1, 0.15) is 6.04 Å². The number of hydrogen-bond donors (Lipinski definition) is 2. The third-order valence-corrected chi connectivity index (χ3v) is 3.67. The summed E-state index contributed by atoms with van der Waals surface area (Å²) in [6.45, 7) is 8.49. The smallest absolute Gasteiger partial charge is 0.244 e. The van der Waals surface area contributed by atoms with Gasteiger partial charge in [0, 0.05) is 31.4 Å². The third kappa shape index (κ3) is 4.96. The number of anilines is 2. The number of morpholine rings is 1. The van der Waals surface area contributed by atoms with E-state index in [1.807, 2.05) is 49.9 Å². The molecule has 0 bridgehead atoms. The van der Waals surface area contributed by atoms with Crippen LogP contribution in [-0.2, 0) is 14.3 Å². The van der Waals surface area contributed by atoms with E-state index in [4.69, 9.17) is 4.74 Å². The molecule has 0 spiro atoms. The number of hydrogen-bond acceptors (Lipinski definition) is 4. The lowest BCUT2D eigenvalue weighted by Gasteiger charge is -2.36. The molecule has 6 nitrogen and oxygen atoms in total. The van der Waals surface area contributed by atoms with Gasteiger partial charge in [-0.25, -0.2) is 0 Å². The van der Waals surface area contributed by atoms with Crippen LogP contribution in [0, 0.1) is 0 Å². The lowest BCUT2D eigenvalue weighted by atomic mass is 10.2. The van der Waals surface area contributed by atoms with Crippen molar-refractivity contribution in [2.24, 2.45) is 0 Å². The van der Waals surface area contributed by atoms with Crippen molar-refractivity contribution < 1.29 is 14.3 Å². The summed E-state index contributed by atoms with van der Waals surface area (Å²) >= 11 is 0. The van der Waals surface area contributed by atoms with Gasteiger partial charge in [-0.05, 0) is 39.0 Å². The summed E-state index contributed by atoms with van der Waals surface area (Å²) in [5.74, 6) is -0.0699. The molecule has 1 saturated heterocycles. The van der Waals surface area contributed by atoms with Gasteiger partial charge in [0.05, 0.1) is 12.2 Å². The monoisotopic (exact) mass is 319 g/mol. The highest BCUT2D eigenvalue weighted by Crippen LogP contribution is 2.17. The molecule has 3 atom stereocenters. The largest absolute Gasteiger partial charge is 0.374 e. The van der Waals surface area contributed by atoms with E-state index in [1.165, 1.54) is 6.92 Å². The second kappa shape index (κ2) is 7.46. The molecular weight excluding hydrogens is 294 g/mol. The van der Waals surface area contributed by atoms with E-state index < -0.39 is 0 Å². The van der Waals surface area contributed by atoms with E-state index in [0.717, 1.165) is 5.69 Å². The Kier molecular flexibility index (Phi) is 5.60. The molecule has 0 radical (unpaired) electrons. The number of nitrogens with one attached hydrogen (secondary N) is 2. The van der Waals surface area contributed by atoms with Gasteiger partial charge in [0.2, 0.25) is 11.8 Å². The number of amides is 2.